The van der Waals surface area contributed by atoms with Crippen molar-refractivity contribution in [1.82, 2.24) is 15.2 Å². The molecule has 1 aromatic rings. The van der Waals surface area contributed by atoms with Gasteiger partial charge in [-0.3, -0.25) is 0 Å². The van der Waals surface area contributed by atoms with Gasteiger partial charge in [-0.25, -0.2) is 4.98 Å². The quantitative estimate of drug-likeness (QED) is 0.877. The molecule has 0 aliphatic heterocycles. The Kier molecular flexibility index (Phi) is 4.69. The molecule has 17 heavy (non-hydrogen) atoms. The predicted molar refractivity (Wildman–Crippen MR) is 75.8 cm³/mol. The van der Waals surface area contributed by atoms with E-state index in [-0.39, 0.29) is 5.54 Å². The third-order valence-electron chi connectivity index (χ3n) is 3.40. The zero-order chi connectivity index (χ0) is 13.2. The Labute approximate surface area is 109 Å². The molecule has 98 valence electrons. The first-order chi connectivity index (χ1) is 7.74. The van der Waals surface area contributed by atoms with Gasteiger partial charge >= 0.3 is 0 Å². The summed E-state index contributed by atoms with van der Waals surface area (Å²) in [5, 5.41) is 4.73. The van der Waals surface area contributed by atoms with E-state index >= 15 is 0 Å². The zero-order valence-electron chi connectivity index (χ0n) is 12.1. The summed E-state index contributed by atoms with van der Waals surface area (Å²) in [4.78, 5) is 8.16. The summed E-state index contributed by atoms with van der Waals surface area (Å²) in [7, 11) is 4.23. The SMILES string of the molecule is Cc1nc(C(C)NCC(C)(C)N(C)C)c(C)s1. The molecule has 0 fully saturated rings. The number of aryl methyl sites for hydroxylation is 2. The van der Waals surface area contributed by atoms with Crippen molar-refractivity contribution in [2.24, 2.45) is 0 Å². The molecular weight excluding hydrogens is 230 g/mol. The lowest BCUT2D eigenvalue weighted by molar-refractivity contribution is 0.185. The van der Waals surface area contributed by atoms with Crippen LogP contribution in [0.15, 0.2) is 0 Å². The average molecular weight is 255 g/mol. The first kappa shape index (κ1) is 14.6. The topological polar surface area (TPSA) is 28.2 Å². The molecular formula is C13H25N3S. The molecule has 1 aromatic heterocycles. The maximum atomic E-state index is 4.60. The van der Waals surface area contributed by atoms with Crippen LogP contribution in [0, 0.1) is 13.8 Å². The second-order valence-electron chi connectivity index (χ2n) is 5.48. The van der Waals surface area contributed by atoms with E-state index in [0.717, 1.165) is 11.6 Å². The monoisotopic (exact) mass is 255 g/mol. The van der Waals surface area contributed by atoms with Gasteiger partial charge in [0.15, 0.2) is 0 Å². The van der Waals surface area contributed by atoms with Gasteiger partial charge in [0.05, 0.1) is 10.7 Å². The van der Waals surface area contributed by atoms with Gasteiger partial charge in [-0.05, 0) is 48.7 Å². The number of hydrogen-bond acceptors (Lipinski definition) is 4. The molecule has 0 aliphatic rings. The molecule has 1 unspecified atom stereocenters. The van der Waals surface area contributed by atoms with Crippen LogP contribution in [0.4, 0.5) is 0 Å². The number of thiazole rings is 1. The van der Waals surface area contributed by atoms with Gasteiger partial charge in [-0.15, -0.1) is 11.3 Å². The largest absolute Gasteiger partial charge is 0.307 e. The number of likely N-dealkylation sites (N-methyl/N-ethyl adjacent to an activating group) is 1. The van der Waals surface area contributed by atoms with Crippen molar-refractivity contribution < 1.29 is 0 Å². The molecule has 3 nitrogen and oxygen atoms in total. The average Bonchev–Trinajstić information content (AvgIpc) is 2.54. The van der Waals surface area contributed by atoms with Crippen molar-refractivity contribution in [1.29, 1.82) is 0 Å². The molecule has 1 rings (SSSR count). The Morgan fingerprint density at radius 2 is 1.94 bits per heavy atom. The van der Waals surface area contributed by atoms with Crippen LogP contribution in [0.1, 0.15) is 42.4 Å². The van der Waals surface area contributed by atoms with Gasteiger partial charge in [0.1, 0.15) is 0 Å². The lowest BCUT2D eigenvalue weighted by atomic mass is 10.0. The van der Waals surface area contributed by atoms with Crippen molar-refractivity contribution >= 4 is 11.3 Å². The summed E-state index contributed by atoms with van der Waals surface area (Å²) in [5.74, 6) is 0. The normalized spacial score (nSPS) is 14.4. The molecule has 0 spiro atoms. The molecule has 0 bridgehead atoms. The second-order valence-corrected chi connectivity index (χ2v) is 6.89. The van der Waals surface area contributed by atoms with Crippen molar-refractivity contribution in [3.63, 3.8) is 0 Å². The van der Waals surface area contributed by atoms with Crippen molar-refractivity contribution in [2.45, 2.75) is 46.2 Å². The third-order valence-corrected chi connectivity index (χ3v) is 4.30. The maximum Gasteiger partial charge on any atom is 0.0900 e. The van der Waals surface area contributed by atoms with Crippen LogP contribution >= 0.6 is 11.3 Å². The third kappa shape index (κ3) is 3.76. The molecule has 0 radical (unpaired) electrons. The molecule has 0 saturated heterocycles. The first-order valence-electron chi connectivity index (χ1n) is 6.09. The van der Waals surface area contributed by atoms with E-state index in [2.05, 4.69) is 63.9 Å². The fourth-order valence-corrected chi connectivity index (χ4v) is 2.52. The van der Waals surface area contributed by atoms with E-state index in [1.54, 1.807) is 11.3 Å². The van der Waals surface area contributed by atoms with Gasteiger partial charge in [0.2, 0.25) is 0 Å². The molecule has 1 N–H and O–H groups in total. The standard InChI is InChI=1S/C13H25N3S/c1-9(12-10(2)17-11(3)15-12)14-8-13(4,5)16(6)7/h9,14H,8H2,1-7H3. The predicted octanol–water partition coefficient (Wildman–Crippen LogP) is 2.75. The van der Waals surface area contributed by atoms with Crippen LogP contribution in [-0.2, 0) is 0 Å². The summed E-state index contributed by atoms with van der Waals surface area (Å²) in [6.07, 6.45) is 0. The molecule has 1 heterocycles. The fraction of sp³-hybridized carbons (Fsp3) is 0.769. The Morgan fingerprint density at radius 1 is 1.35 bits per heavy atom. The molecule has 0 saturated carbocycles. The van der Waals surface area contributed by atoms with Crippen LogP contribution in [0.5, 0.6) is 0 Å². The van der Waals surface area contributed by atoms with Gasteiger partial charge in [-0.1, -0.05) is 0 Å². The second kappa shape index (κ2) is 5.46. The zero-order valence-corrected chi connectivity index (χ0v) is 12.9. The van der Waals surface area contributed by atoms with E-state index in [9.17, 15) is 0 Å². The van der Waals surface area contributed by atoms with Crippen molar-refractivity contribution in [2.75, 3.05) is 20.6 Å². The Morgan fingerprint density at radius 3 is 2.35 bits per heavy atom. The minimum absolute atomic E-state index is 0.160. The lowest BCUT2D eigenvalue weighted by Crippen LogP contribution is -2.47. The highest BCUT2D eigenvalue weighted by Crippen LogP contribution is 2.22. The fourth-order valence-electron chi connectivity index (χ4n) is 1.60. The number of aromatic nitrogens is 1. The molecule has 0 aliphatic carbocycles. The van der Waals surface area contributed by atoms with Crippen LogP contribution in [-0.4, -0.2) is 36.1 Å². The smallest absolute Gasteiger partial charge is 0.0900 e. The summed E-state index contributed by atoms with van der Waals surface area (Å²) < 4.78 is 0. The van der Waals surface area contributed by atoms with Crippen molar-refractivity contribution in [3.05, 3.63) is 15.6 Å². The van der Waals surface area contributed by atoms with Gasteiger partial charge in [-0.2, -0.15) is 0 Å². The van der Waals surface area contributed by atoms with Gasteiger partial charge < -0.3 is 10.2 Å². The first-order valence-corrected chi connectivity index (χ1v) is 6.90. The highest BCUT2D eigenvalue weighted by Gasteiger charge is 2.22. The molecule has 1 atom stereocenters. The minimum Gasteiger partial charge on any atom is -0.307 e. The highest BCUT2D eigenvalue weighted by atomic mass is 32.1. The molecule has 0 aromatic carbocycles. The van der Waals surface area contributed by atoms with Crippen molar-refractivity contribution in [3.8, 4) is 0 Å². The molecule has 0 amide bonds. The Balaban J connectivity index is 2.62. The van der Waals surface area contributed by atoms with E-state index in [4.69, 9.17) is 0 Å². The maximum absolute atomic E-state index is 4.60. The summed E-state index contributed by atoms with van der Waals surface area (Å²) in [6.45, 7) is 11.8. The highest BCUT2D eigenvalue weighted by molar-refractivity contribution is 7.11. The van der Waals surface area contributed by atoms with Crippen LogP contribution in [0.3, 0.4) is 0 Å². The van der Waals surface area contributed by atoms with E-state index in [0.29, 0.717) is 6.04 Å². The van der Waals surface area contributed by atoms with Gasteiger partial charge in [0.25, 0.3) is 0 Å². The van der Waals surface area contributed by atoms with Crippen LogP contribution in [0.25, 0.3) is 0 Å². The molecule has 4 heteroatoms. The summed E-state index contributed by atoms with van der Waals surface area (Å²) in [5.41, 5.74) is 1.36. The number of nitrogens with zero attached hydrogens (tertiary/aromatic N) is 2. The van der Waals surface area contributed by atoms with E-state index in [1.165, 1.54) is 10.6 Å². The number of hydrogen-bond donors (Lipinski definition) is 1. The number of nitrogens with one attached hydrogen (secondary N) is 1. The van der Waals surface area contributed by atoms with Crippen LogP contribution in [0.2, 0.25) is 0 Å². The van der Waals surface area contributed by atoms with E-state index < -0.39 is 0 Å². The lowest BCUT2D eigenvalue weighted by Gasteiger charge is -2.33. The summed E-state index contributed by atoms with van der Waals surface area (Å²) in [6, 6.07) is 0.319. The number of rotatable bonds is 5. The minimum atomic E-state index is 0.160. The van der Waals surface area contributed by atoms with Gasteiger partial charge in [0, 0.05) is 23.0 Å². The van der Waals surface area contributed by atoms with E-state index in [1.807, 2.05) is 0 Å². The van der Waals surface area contributed by atoms with Crippen LogP contribution < -0.4 is 5.32 Å². The Hall–Kier alpha value is -0.450. The summed E-state index contributed by atoms with van der Waals surface area (Å²) >= 11 is 1.78. The Bertz CT molecular complexity index is 369.